The standard InChI is InChI=1S/C8H5BrClFO2/c1-4(12)13-8-2-5(9)7(11)3-6(8)10/h2-3H,1H3. The Kier molecular flexibility index (Phi) is 3.27. The van der Waals surface area contributed by atoms with Gasteiger partial charge in [-0.05, 0) is 28.1 Å². The summed E-state index contributed by atoms with van der Waals surface area (Å²) in [6.45, 7) is 1.24. The van der Waals surface area contributed by atoms with E-state index in [0.717, 1.165) is 6.07 Å². The second kappa shape index (κ2) is 4.07. The molecule has 1 rings (SSSR count). The van der Waals surface area contributed by atoms with Gasteiger partial charge in [0.25, 0.3) is 0 Å². The summed E-state index contributed by atoms with van der Waals surface area (Å²) < 4.78 is 17.7. The van der Waals surface area contributed by atoms with Crippen LogP contribution in [0, 0.1) is 5.82 Å². The van der Waals surface area contributed by atoms with Crippen LogP contribution in [0.5, 0.6) is 5.75 Å². The van der Waals surface area contributed by atoms with Crippen LogP contribution in [-0.4, -0.2) is 5.97 Å². The van der Waals surface area contributed by atoms with Gasteiger partial charge >= 0.3 is 5.97 Å². The van der Waals surface area contributed by atoms with Crippen LogP contribution >= 0.6 is 27.5 Å². The molecule has 0 N–H and O–H groups in total. The first kappa shape index (κ1) is 10.5. The van der Waals surface area contributed by atoms with Crippen molar-refractivity contribution < 1.29 is 13.9 Å². The molecule has 0 heterocycles. The van der Waals surface area contributed by atoms with E-state index in [2.05, 4.69) is 15.9 Å². The minimum absolute atomic E-state index is 0.0656. The number of carbonyl (C=O) groups is 1. The van der Waals surface area contributed by atoms with Crippen molar-refractivity contribution in [2.45, 2.75) is 6.92 Å². The second-order valence-corrected chi connectivity index (χ2v) is 3.55. The lowest BCUT2D eigenvalue weighted by Crippen LogP contribution is -2.02. The molecule has 0 atom stereocenters. The van der Waals surface area contributed by atoms with Gasteiger partial charge in [0.15, 0.2) is 5.75 Å². The zero-order chi connectivity index (χ0) is 10.0. The highest BCUT2D eigenvalue weighted by Crippen LogP contribution is 2.30. The molecule has 0 spiro atoms. The Morgan fingerprint density at radius 2 is 2.23 bits per heavy atom. The molecule has 0 radical (unpaired) electrons. The maximum atomic E-state index is 12.8. The molecule has 1 aromatic carbocycles. The van der Waals surface area contributed by atoms with Crippen LogP contribution < -0.4 is 4.74 Å². The molecule has 0 aromatic heterocycles. The molecule has 0 aliphatic carbocycles. The van der Waals surface area contributed by atoms with Crippen LogP contribution in [0.15, 0.2) is 16.6 Å². The van der Waals surface area contributed by atoms with Gasteiger partial charge in [-0.2, -0.15) is 0 Å². The first-order valence-corrected chi connectivity index (χ1v) is 4.50. The van der Waals surface area contributed by atoms with Crippen LogP contribution in [0.2, 0.25) is 5.02 Å². The van der Waals surface area contributed by atoms with E-state index in [4.69, 9.17) is 16.3 Å². The minimum Gasteiger partial charge on any atom is -0.425 e. The Labute approximate surface area is 87.8 Å². The Morgan fingerprint density at radius 1 is 1.62 bits per heavy atom. The molecule has 0 amide bonds. The van der Waals surface area contributed by atoms with E-state index in [-0.39, 0.29) is 15.2 Å². The SMILES string of the molecule is CC(=O)Oc1cc(Br)c(F)cc1Cl. The van der Waals surface area contributed by atoms with Crippen molar-refractivity contribution >= 4 is 33.5 Å². The smallest absolute Gasteiger partial charge is 0.308 e. The van der Waals surface area contributed by atoms with Crippen molar-refractivity contribution in [2.75, 3.05) is 0 Å². The number of esters is 1. The molecule has 1 aromatic rings. The summed E-state index contributed by atoms with van der Waals surface area (Å²) in [6.07, 6.45) is 0. The molecule has 0 saturated carbocycles. The molecular formula is C8H5BrClFO2. The summed E-state index contributed by atoms with van der Waals surface area (Å²) in [5.74, 6) is -0.858. The van der Waals surface area contributed by atoms with Crippen molar-refractivity contribution in [2.24, 2.45) is 0 Å². The molecule has 2 nitrogen and oxygen atoms in total. The van der Waals surface area contributed by atoms with E-state index in [0.29, 0.717) is 0 Å². The Bertz CT molecular complexity index is 354. The van der Waals surface area contributed by atoms with E-state index in [1.165, 1.54) is 13.0 Å². The molecule has 13 heavy (non-hydrogen) atoms. The molecule has 0 bridgehead atoms. The number of rotatable bonds is 1. The third-order valence-electron chi connectivity index (χ3n) is 1.23. The number of ether oxygens (including phenoxy) is 1. The van der Waals surface area contributed by atoms with Gasteiger partial charge in [0, 0.05) is 6.92 Å². The fourth-order valence-corrected chi connectivity index (χ4v) is 1.25. The van der Waals surface area contributed by atoms with Gasteiger partial charge in [-0.15, -0.1) is 0 Å². The zero-order valence-corrected chi connectivity index (χ0v) is 8.95. The van der Waals surface area contributed by atoms with E-state index >= 15 is 0 Å². The van der Waals surface area contributed by atoms with Crippen molar-refractivity contribution in [1.82, 2.24) is 0 Å². The predicted molar refractivity (Wildman–Crippen MR) is 50.4 cm³/mol. The lowest BCUT2D eigenvalue weighted by molar-refractivity contribution is -0.131. The average molecular weight is 267 g/mol. The number of benzene rings is 1. The van der Waals surface area contributed by atoms with Gasteiger partial charge in [0.1, 0.15) is 5.82 Å². The molecule has 70 valence electrons. The minimum atomic E-state index is -0.500. The Morgan fingerprint density at radius 3 is 2.77 bits per heavy atom. The average Bonchev–Trinajstić information content (AvgIpc) is 1.99. The molecular weight excluding hydrogens is 262 g/mol. The molecule has 0 aliphatic heterocycles. The largest absolute Gasteiger partial charge is 0.425 e. The molecule has 0 unspecified atom stereocenters. The fourth-order valence-electron chi connectivity index (χ4n) is 0.737. The zero-order valence-electron chi connectivity index (χ0n) is 6.61. The molecule has 0 aliphatic rings. The van der Waals surface area contributed by atoms with Crippen LogP contribution in [-0.2, 0) is 4.79 Å². The summed E-state index contributed by atoms with van der Waals surface area (Å²) in [5.41, 5.74) is 0. The highest BCUT2D eigenvalue weighted by atomic mass is 79.9. The second-order valence-electron chi connectivity index (χ2n) is 2.29. The van der Waals surface area contributed by atoms with Crippen molar-refractivity contribution in [3.05, 3.63) is 27.4 Å². The number of hydrogen-bond acceptors (Lipinski definition) is 2. The molecule has 0 fully saturated rings. The topological polar surface area (TPSA) is 26.3 Å². The van der Waals surface area contributed by atoms with Gasteiger partial charge in [-0.1, -0.05) is 11.6 Å². The highest BCUT2D eigenvalue weighted by Gasteiger charge is 2.09. The van der Waals surface area contributed by atoms with Crippen molar-refractivity contribution in [1.29, 1.82) is 0 Å². The van der Waals surface area contributed by atoms with Crippen LogP contribution in [0.25, 0.3) is 0 Å². The highest BCUT2D eigenvalue weighted by molar-refractivity contribution is 9.10. The van der Waals surface area contributed by atoms with Crippen molar-refractivity contribution in [3.63, 3.8) is 0 Å². The number of carbonyl (C=O) groups excluding carboxylic acids is 1. The lowest BCUT2D eigenvalue weighted by atomic mass is 10.3. The third kappa shape index (κ3) is 2.67. The molecule has 0 saturated heterocycles. The summed E-state index contributed by atoms with van der Waals surface area (Å²) in [7, 11) is 0. The summed E-state index contributed by atoms with van der Waals surface area (Å²) in [6, 6.07) is 2.38. The van der Waals surface area contributed by atoms with Gasteiger partial charge in [-0.3, -0.25) is 4.79 Å². The fraction of sp³-hybridized carbons (Fsp3) is 0.125. The maximum absolute atomic E-state index is 12.8. The van der Waals surface area contributed by atoms with E-state index in [9.17, 15) is 9.18 Å². The van der Waals surface area contributed by atoms with E-state index in [1.54, 1.807) is 0 Å². The van der Waals surface area contributed by atoms with E-state index < -0.39 is 11.8 Å². The Hall–Kier alpha value is -0.610. The van der Waals surface area contributed by atoms with Crippen LogP contribution in [0.3, 0.4) is 0 Å². The summed E-state index contributed by atoms with van der Waals surface area (Å²) >= 11 is 8.55. The first-order valence-electron chi connectivity index (χ1n) is 3.33. The monoisotopic (exact) mass is 266 g/mol. The predicted octanol–water partition coefficient (Wildman–Crippen LogP) is 3.17. The van der Waals surface area contributed by atoms with Crippen LogP contribution in [0.1, 0.15) is 6.92 Å². The van der Waals surface area contributed by atoms with Gasteiger partial charge in [0.2, 0.25) is 0 Å². The molecule has 5 heteroatoms. The summed E-state index contributed by atoms with van der Waals surface area (Å²) in [4.78, 5) is 10.6. The number of hydrogen-bond donors (Lipinski definition) is 0. The van der Waals surface area contributed by atoms with Gasteiger partial charge in [-0.25, -0.2) is 4.39 Å². The quantitative estimate of drug-likeness (QED) is 0.444. The Balaban J connectivity index is 3.08. The number of halogens is 3. The third-order valence-corrected chi connectivity index (χ3v) is 2.13. The normalized spacial score (nSPS) is 9.85. The lowest BCUT2D eigenvalue weighted by Gasteiger charge is -2.04. The van der Waals surface area contributed by atoms with Crippen LogP contribution in [0.4, 0.5) is 4.39 Å². The summed E-state index contributed by atoms with van der Waals surface area (Å²) in [5, 5.41) is 0.0656. The first-order chi connectivity index (χ1) is 6.00. The van der Waals surface area contributed by atoms with E-state index in [1.807, 2.05) is 0 Å². The van der Waals surface area contributed by atoms with Gasteiger partial charge < -0.3 is 4.74 Å². The maximum Gasteiger partial charge on any atom is 0.308 e. The van der Waals surface area contributed by atoms with Crippen molar-refractivity contribution in [3.8, 4) is 5.75 Å². The van der Waals surface area contributed by atoms with Gasteiger partial charge in [0.05, 0.1) is 9.50 Å².